The third-order valence-corrected chi connectivity index (χ3v) is 5.73. The Morgan fingerprint density at radius 2 is 1.94 bits per heavy atom. The van der Waals surface area contributed by atoms with Crippen LogP contribution in [-0.4, -0.2) is 47.1 Å². The van der Waals surface area contributed by atoms with Crippen LogP contribution in [0.5, 0.6) is 5.75 Å². The number of benzene rings is 2. The van der Waals surface area contributed by atoms with E-state index in [0.29, 0.717) is 65.2 Å². The number of nitrogens with zero attached hydrogens (tertiary/aromatic N) is 3. The van der Waals surface area contributed by atoms with Gasteiger partial charge in [0.05, 0.1) is 18.4 Å². The summed E-state index contributed by atoms with van der Waals surface area (Å²) >= 11 is 6.06. The topological polar surface area (TPSA) is 97.6 Å². The molecule has 0 radical (unpaired) electrons. The van der Waals surface area contributed by atoms with Gasteiger partial charge in [0, 0.05) is 36.5 Å². The minimum Gasteiger partial charge on any atom is -0.496 e. The summed E-state index contributed by atoms with van der Waals surface area (Å²) in [5.41, 5.74) is 1.74. The van der Waals surface area contributed by atoms with Crippen LogP contribution in [0.2, 0.25) is 5.02 Å². The first kappa shape index (κ1) is 21.8. The maximum Gasteiger partial charge on any atom is 0.257 e. The van der Waals surface area contributed by atoms with Crippen molar-refractivity contribution in [3.63, 3.8) is 0 Å². The van der Waals surface area contributed by atoms with Crippen LogP contribution in [0.25, 0.3) is 11.4 Å². The van der Waals surface area contributed by atoms with Crippen LogP contribution in [0.3, 0.4) is 0 Å². The molecule has 2 heterocycles. The Kier molecular flexibility index (Phi) is 6.41. The molecule has 1 N–H and O–H groups in total. The van der Waals surface area contributed by atoms with Gasteiger partial charge in [0.25, 0.3) is 5.91 Å². The van der Waals surface area contributed by atoms with Crippen LogP contribution in [0.4, 0.5) is 5.69 Å². The molecule has 32 heavy (non-hydrogen) atoms. The molecule has 1 fully saturated rings. The number of nitrogens with one attached hydrogen (secondary N) is 1. The van der Waals surface area contributed by atoms with Gasteiger partial charge in [-0.1, -0.05) is 28.9 Å². The number of hydrogen-bond acceptors (Lipinski definition) is 6. The molecule has 0 bridgehead atoms. The minimum atomic E-state index is -0.208. The third kappa shape index (κ3) is 4.60. The number of likely N-dealkylation sites (tertiary alicyclic amines) is 1. The zero-order valence-corrected chi connectivity index (χ0v) is 18.6. The number of hydrogen-bond donors (Lipinski definition) is 1. The van der Waals surface area contributed by atoms with Crippen molar-refractivity contribution in [2.24, 2.45) is 5.92 Å². The fraction of sp³-hybridized carbons (Fsp3) is 0.304. The summed E-state index contributed by atoms with van der Waals surface area (Å²) in [7, 11) is 1.52. The molecule has 1 aromatic heterocycles. The number of ether oxygens (including phenoxy) is 1. The molecule has 0 spiro atoms. The summed E-state index contributed by atoms with van der Waals surface area (Å²) in [6.07, 6.45) is 1.12. The summed E-state index contributed by atoms with van der Waals surface area (Å²) in [6, 6.07) is 12.3. The van der Waals surface area contributed by atoms with Crippen LogP contribution >= 0.6 is 11.6 Å². The number of anilines is 1. The number of methoxy groups -OCH3 is 1. The van der Waals surface area contributed by atoms with Gasteiger partial charge < -0.3 is 19.5 Å². The molecule has 2 aromatic carbocycles. The highest BCUT2D eigenvalue weighted by Gasteiger charge is 2.29. The van der Waals surface area contributed by atoms with Gasteiger partial charge in [-0.15, -0.1) is 0 Å². The van der Waals surface area contributed by atoms with E-state index in [9.17, 15) is 9.59 Å². The van der Waals surface area contributed by atoms with Crippen molar-refractivity contribution in [2.45, 2.75) is 19.8 Å². The highest BCUT2D eigenvalue weighted by Crippen LogP contribution is 2.29. The molecule has 166 valence electrons. The lowest BCUT2D eigenvalue weighted by molar-refractivity contribution is -0.121. The fourth-order valence-electron chi connectivity index (χ4n) is 3.79. The van der Waals surface area contributed by atoms with E-state index in [1.54, 1.807) is 30.0 Å². The van der Waals surface area contributed by atoms with E-state index in [-0.39, 0.29) is 17.7 Å². The second-order valence-electron chi connectivity index (χ2n) is 7.58. The van der Waals surface area contributed by atoms with E-state index in [4.69, 9.17) is 20.9 Å². The van der Waals surface area contributed by atoms with Gasteiger partial charge in [0.2, 0.25) is 17.6 Å². The minimum absolute atomic E-state index is 0.0925. The van der Waals surface area contributed by atoms with Crippen molar-refractivity contribution in [3.05, 3.63) is 58.9 Å². The molecule has 0 unspecified atom stereocenters. The maximum absolute atomic E-state index is 13.0. The van der Waals surface area contributed by atoms with Crippen molar-refractivity contribution in [1.29, 1.82) is 0 Å². The second kappa shape index (κ2) is 9.40. The Labute approximate surface area is 190 Å². The molecule has 1 aliphatic heterocycles. The van der Waals surface area contributed by atoms with Gasteiger partial charge >= 0.3 is 0 Å². The molecule has 0 saturated carbocycles. The van der Waals surface area contributed by atoms with E-state index in [0.717, 1.165) is 0 Å². The van der Waals surface area contributed by atoms with Gasteiger partial charge in [-0.3, -0.25) is 9.59 Å². The predicted octanol–water partition coefficient (Wildman–Crippen LogP) is 4.20. The van der Waals surface area contributed by atoms with Gasteiger partial charge in [-0.05, 0) is 43.2 Å². The van der Waals surface area contributed by atoms with Gasteiger partial charge in [0.15, 0.2) is 0 Å². The number of rotatable bonds is 5. The number of carbonyl (C=O) groups is 2. The van der Waals surface area contributed by atoms with Crippen molar-refractivity contribution in [1.82, 2.24) is 15.0 Å². The monoisotopic (exact) mass is 454 g/mol. The Hall–Kier alpha value is -3.39. The lowest BCUT2D eigenvalue weighted by atomic mass is 9.95. The van der Waals surface area contributed by atoms with Crippen LogP contribution in [0.1, 0.15) is 29.1 Å². The maximum atomic E-state index is 13.0. The summed E-state index contributed by atoms with van der Waals surface area (Å²) in [5.74, 6) is 0.905. The molecule has 0 aliphatic carbocycles. The van der Waals surface area contributed by atoms with E-state index >= 15 is 0 Å². The lowest BCUT2D eigenvalue weighted by Crippen LogP contribution is -2.41. The molecule has 4 rings (SSSR count). The molecular formula is C23H23ClN4O4. The second-order valence-corrected chi connectivity index (χ2v) is 8.02. The molecule has 0 atom stereocenters. The molecule has 3 aromatic rings. The quantitative estimate of drug-likeness (QED) is 0.620. The lowest BCUT2D eigenvalue weighted by Gasteiger charge is -2.31. The standard InChI is InChI=1S/C23H23ClN4O4/c1-14-25-21(27-32-14)17-5-3-4-6-19(17)26-22(29)15-9-11-28(12-10-15)23(30)18-13-16(24)7-8-20(18)31-2/h3-8,13,15H,9-12H2,1-2H3,(H,26,29). The van der Waals surface area contributed by atoms with Crippen molar-refractivity contribution in [3.8, 4) is 17.1 Å². The molecule has 8 nitrogen and oxygen atoms in total. The first-order chi connectivity index (χ1) is 15.5. The van der Waals surface area contributed by atoms with Crippen LogP contribution in [0, 0.1) is 12.8 Å². The number of halogens is 1. The number of aryl methyl sites for hydroxylation is 1. The summed E-state index contributed by atoms with van der Waals surface area (Å²) in [5, 5.41) is 7.40. The summed E-state index contributed by atoms with van der Waals surface area (Å²) in [4.78, 5) is 31.9. The van der Waals surface area contributed by atoms with Crippen LogP contribution in [-0.2, 0) is 4.79 Å². The van der Waals surface area contributed by atoms with Crippen molar-refractivity contribution >= 4 is 29.1 Å². The Morgan fingerprint density at radius 1 is 1.19 bits per heavy atom. The first-order valence-corrected chi connectivity index (χ1v) is 10.7. The third-order valence-electron chi connectivity index (χ3n) is 5.50. The number of carbonyl (C=O) groups excluding carboxylic acids is 2. The highest BCUT2D eigenvalue weighted by molar-refractivity contribution is 6.31. The predicted molar refractivity (Wildman–Crippen MR) is 120 cm³/mol. The smallest absolute Gasteiger partial charge is 0.257 e. The van der Waals surface area contributed by atoms with Crippen molar-refractivity contribution in [2.75, 3.05) is 25.5 Å². The molecule has 9 heteroatoms. The number of aromatic nitrogens is 2. The Morgan fingerprint density at radius 3 is 2.62 bits per heavy atom. The summed E-state index contributed by atoms with van der Waals surface area (Å²) in [6.45, 7) is 2.66. The zero-order chi connectivity index (χ0) is 22.7. The normalized spacial score (nSPS) is 14.3. The average Bonchev–Trinajstić information content (AvgIpc) is 3.25. The Balaban J connectivity index is 1.41. The van der Waals surface area contributed by atoms with Crippen LogP contribution < -0.4 is 10.1 Å². The number of para-hydroxylation sites is 1. The Bertz CT molecular complexity index is 1140. The molecule has 2 amide bonds. The fourth-order valence-corrected chi connectivity index (χ4v) is 3.97. The highest BCUT2D eigenvalue weighted by atomic mass is 35.5. The van der Waals surface area contributed by atoms with Gasteiger partial charge in [-0.2, -0.15) is 4.98 Å². The zero-order valence-electron chi connectivity index (χ0n) is 17.8. The van der Waals surface area contributed by atoms with Crippen molar-refractivity contribution < 1.29 is 18.8 Å². The van der Waals surface area contributed by atoms with E-state index < -0.39 is 0 Å². The first-order valence-electron chi connectivity index (χ1n) is 10.3. The van der Waals surface area contributed by atoms with Crippen LogP contribution in [0.15, 0.2) is 47.0 Å². The van der Waals surface area contributed by atoms with E-state index in [2.05, 4.69) is 15.5 Å². The number of amides is 2. The van der Waals surface area contributed by atoms with Gasteiger partial charge in [-0.25, -0.2) is 0 Å². The van der Waals surface area contributed by atoms with E-state index in [1.807, 2.05) is 24.3 Å². The number of piperidine rings is 1. The van der Waals surface area contributed by atoms with E-state index in [1.165, 1.54) is 7.11 Å². The largest absolute Gasteiger partial charge is 0.496 e. The molecule has 1 aliphatic rings. The molecule has 1 saturated heterocycles. The van der Waals surface area contributed by atoms with Gasteiger partial charge in [0.1, 0.15) is 5.75 Å². The summed E-state index contributed by atoms with van der Waals surface area (Å²) < 4.78 is 10.4. The SMILES string of the molecule is COc1ccc(Cl)cc1C(=O)N1CCC(C(=O)Nc2ccccc2-c2noc(C)n2)CC1. The molecular weight excluding hydrogens is 432 g/mol. The average molecular weight is 455 g/mol.